The van der Waals surface area contributed by atoms with Gasteiger partial charge < -0.3 is 10.4 Å². The van der Waals surface area contributed by atoms with Crippen molar-refractivity contribution in [3.63, 3.8) is 0 Å². The number of thiazole rings is 1. The lowest BCUT2D eigenvalue weighted by Crippen LogP contribution is -1.89. The molecule has 2 N–H and O–H groups in total. The van der Waals surface area contributed by atoms with Gasteiger partial charge in [-0.2, -0.15) is 11.8 Å². The highest BCUT2D eigenvalue weighted by molar-refractivity contribution is 7.98. The molecule has 0 radical (unpaired) electrons. The van der Waals surface area contributed by atoms with E-state index < -0.39 is 5.97 Å². The summed E-state index contributed by atoms with van der Waals surface area (Å²) in [5.41, 5.74) is 3.90. The van der Waals surface area contributed by atoms with E-state index in [1.54, 1.807) is 13.1 Å². The van der Waals surface area contributed by atoms with Crippen LogP contribution in [0.3, 0.4) is 0 Å². The van der Waals surface area contributed by atoms with E-state index in [1.165, 1.54) is 28.6 Å². The summed E-state index contributed by atoms with van der Waals surface area (Å²) in [5.74, 6) is 0.305. The number of aromatic carboxylic acids is 1. The average molecular weight is 531 g/mol. The number of benzene rings is 2. The van der Waals surface area contributed by atoms with E-state index in [0.29, 0.717) is 5.13 Å². The number of aromatic nitrogens is 1. The van der Waals surface area contributed by atoms with E-state index >= 15 is 0 Å². The Hall–Kier alpha value is -2.83. The van der Waals surface area contributed by atoms with E-state index in [9.17, 15) is 4.79 Å². The number of carbonyl (C=O) groups is 1. The molecule has 3 aromatic rings. The quantitative estimate of drug-likeness (QED) is 0.322. The summed E-state index contributed by atoms with van der Waals surface area (Å²) in [6.07, 6.45) is 6.21. The second kappa shape index (κ2) is 28.4. The maximum absolute atomic E-state index is 10.3. The van der Waals surface area contributed by atoms with Crippen molar-refractivity contribution in [3.8, 4) is 0 Å². The Labute approximate surface area is 228 Å². The second-order valence-electron chi connectivity index (χ2n) is 6.93. The second-order valence-corrected chi connectivity index (χ2v) is 9.11. The minimum absolute atomic E-state index is 0.254. The van der Waals surface area contributed by atoms with Crippen LogP contribution >= 0.6 is 23.1 Å². The first-order valence-corrected chi connectivity index (χ1v) is 14.1. The van der Waals surface area contributed by atoms with Crippen LogP contribution in [0.25, 0.3) is 0 Å². The van der Waals surface area contributed by atoms with Crippen molar-refractivity contribution in [2.45, 2.75) is 48.0 Å². The monoisotopic (exact) mass is 530 g/mol. The first kappa shape index (κ1) is 37.7. The first-order valence-electron chi connectivity index (χ1n) is 11.9. The molecule has 0 atom stereocenters. The van der Waals surface area contributed by atoms with Crippen molar-refractivity contribution in [1.29, 1.82) is 0 Å². The summed E-state index contributed by atoms with van der Waals surface area (Å²) in [7, 11) is 1.70. The average Bonchev–Trinajstić information content (AvgIpc) is 3.37. The highest BCUT2D eigenvalue weighted by Gasteiger charge is 2.06. The SMILES string of the molecule is C=C(C)C.C=CC.CC.CCSC.CNc1ncc(C(=O)O)s1.c1ccc(Cc2ccccc2)cc1. The van der Waals surface area contributed by atoms with E-state index in [2.05, 4.69) is 97.3 Å². The maximum atomic E-state index is 10.3. The molecule has 200 valence electrons. The van der Waals surface area contributed by atoms with Crippen molar-refractivity contribution in [2.75, 3.05) is 24.4 Å². The number of nitrogens with one attached hydrogen (secondary N) is 1. The van der Waals surface area contributed by atoms with Crippen LogP contribution in [0.4, 0.5) is 5.13 Å². The Morgan fingerprint density at radius 1 is 1.06 bits per heavy atom. The molecule has 0 unspecified atom stereocenters. The smallest absolute Gasteiger partial charge is 0.347 e. The van der Waals surface area contributed by atoms with Crippen LogP contribution in [-0.4, -0.2) is 35.1 Å². The predicted molar refractivity (Wildman–Crippen MR) is 166 cm³/mol. The number of hydrogen-bond acceptors (Lipinski definition) is 5. The van der Waals surface area contributed by atoms with E-state index in [0.717, 1.165) is 17.8 Å². The van der Waals surface area contributed by atoms with Crippen LogP contribution in [0.1, 0.15) is 62.3 Å². The van der Waals surface area contributed by atoms with Gasteiger partial charge in [0.25, 0.3) is 0 Å². The Kier molecular flexibility index (Phi) is 29.8. The molecule has 1 aromatic heterocycles. The highest BCUT2D eigenvalue weighted by Crippen LogP contribution is 2.16. The normalized spacial score (nSPS) is 8.22. The van der Waals surface area contributed by atoms with Gasteiger partial charge in [0.15, 0.2) is 5.13 Å². The fraction of sp³-hybridized carbons (Fsp3) is 0.333. The zero-order valence-electron chi connectivity index (χ0n) is 23.4. The lowest BCUT2D eigenvalue weighted by Gasteiger charge is -2.00. The van der Waals surface area contributed by atoms with Gasteiger partial charge >= 0.3 is 5.97 Å². The molecular formula is C30H46N2O2S2. The van der Waals surface area contributed by atoms with Crippen LogP contribution in [-0.2, 0) is 6.42 Å². The van der Waals surface area contributed by atoms with Crippen molar-refractivity contribution >= 4 is 34.2 Å². The van der Waals surface area contributed by atoms with Crippen molar-refractivity contribution in [2.24, 2.45) is 0 Å². The van der Waals surface area contributed by atoms with Crippen molar-refractivity contribution < 1.29 is 9.90 Å². The number of carboxylic acids is 1. The number of nitrogens with zero attached hydrogens (tertiary/aromatic N) is 1. The van der Waals surface area contributed by atoms with Crippen LogP contribution in [0.15, 0.2) is 91.7 Å². The van der Waals surface area contributed by atoms with Gasteiger partial charge in [-0.1, -0.05) is 104 Å². The summed E-state index contributed by atoms with van der Waals surface area (Å²) in [6, 6.07) is 21.1. The van der Waals surface area contributed by atoms with Gasteiger partial charge in [-0.25, -0.2) is 9.78 Å². The van der Waals surface area contributed by atoms with Gasteiger partial charge in [-0.05, 0) is 50.3 Å². The van der Waals surface area contributed by atoms with Gasteiger partial charge in [-0.15, -0.1) is 13.2 Å². The minimum atomic E-state index is -0.931. The zero-order chi connectivity index (χ0) is 28.2. The molecule has 4 nitrogen and oxygen atoms in total. The number of rotatable bonds is 5. The lowest BCUT2D eigenvalue weighted by atomic mass is 10.1. The molecule has 0 fully saturated rings. The summed E-state index contributed by atoms with van der Waals surface area (Å²) < 4.78 is 0. The van der Waals surface area contributed by atoms with E-state index in [1.807, 2.05) is 46.4 Å². The molecule has 3 rings (SSSR count). The maximum Gasteiger partial charge on any atom is 0.347 e. The molecule has 0 aliphatic rings. The molecular weight excluding hydrogens is 484 g/mol. The number of anilines is 1. The molecule has 36 heavy (non-hydrogen) atoms. The molecule has 0 bridgehead atoms. The lowest BCUT2D eigenvalue weighted by molar-refractivity contribution is 0.0702. The molecule has 0 amide bonds. The molecule has 6 heteroatoms. The minimum Gasteiger partial charge on any atom is -0.477 e. The van der Waals surface area contributed by atoms with Crippen LogP contribution < -0.4 is 5.32 Å². The van der Waals surface area contributed by atoms with Crippen molar-refractivity contribution in [3.05, 3.63) is 108 Å². The molecule has 0 saturated carbocycles. The van der Waals surface area contributed by atoms with Gasteiger partial charge in [0, 0.05) is 7.05 Å². The molecule has 0 saturated heterocycles. The Bertz CT molecular complexity index is 852. The van der Waals surface area contributed by atoms with Gasteiger partial charge in [0.2, 0.25) is 0 Å². The summed E-state index contributed by atoms with van der Waals surface area (Å²) in [5, 5.41) is 11.8. The Balaban J connectivity index is -0.000000419. The van der Waals surface area contributed by atoms with E-state index in [4.69, 9.17) is 5.11 Å². The number of carboxylic acid groups (broad SMARTS) is 1. The molecule has 1 heterocycles. The highest BCUT2D eigenvalue weighted by atomic mass is 32.2. The molecule has 0 aliphatic carbocycles. The Morgan fingerprint density at radius 2 is 1.42 bits per heavy atom. The number of thioether (sulfide) groups is 1. The third-order valence-electron chi connectivity index (χ3n) is 3.31. The van der Waals surface area contributed by atoms with Crippen LogP contribution in [0.5, 0.6) is 0 Å². The largest absolute Gasteiger partial charge is 0.477 e. The molecule has 0 spiro atoms. The summed E-state index contributed by atoms with van der Waals surface area (Å²) in [6.45, 7) is 18.9. The van der Waals surface area contributed by atoms with Crippen LogP contribution in [0.2, 0.25) is 0 Å². The van der Waals surface area contributed by atoms with Crippen LogP contribution in [0, 0.1) is 0 Å². The fourth-order valence-electron chi connectivity index (χ4n) is 1.92. The zero-order valence-corrected chi connectivity index (χ0v) is 25.0. The third kappa shape index (κ3) is 25.8. The number of hydrogen-bond donors (Lipinski definition) is 2. The van der Waals surface area contributed by atoms with E-state index in [-0.39, 0.29) is 4.88 Å². The fourth-order valence-corrected chi connectivity index (χ4v) is 2.52. The summed E-state index contributed by atoms with van der Waals surface area (Å²) in [4.78, 5) is 14.3. The molecule has 2 aromatic carbocycles. The standard InChI is InChI=1S/C13H12.C5H6N2O2S.C4H8.C3H8S.C3H6.C2H6/c1-3-7-12(8-4-1)11-13-9-5-2-6-10-13;1-6-5-7-2-3(10-5)4(8)9;1-4(2)3;1-3-4-2;1-3-2;1-2/h1-10H,11H2;2H,1H3,(H,6,7)(H,8,9);1H2,2-3H3;3H2,1-2H3;3H,1H2,2H3;1-2H3. The number of allylic oxidation sites excluding steroid dienone is 2. The topological polar surface area (TPSA) is 62.2 Å². The Morgan fingerprint density at radius 3 is 1.64 bits per heavy atom. The third-order valence-corrected chi connectivity index (χ3v) is 4.89. The van der Waals surface area contributed by atoms with Gasteiger partial charge in [-0.3, -0.25) is 0 Å². The first-order chi connectivity index (χ1) is 17.2. The van der Waals surface area contributed by atoms with Gasteiger partial charge in [0.1, 0.15) is 4.88 Å². The predicted octanol–water partition coefficient (Wildman–Crippen LogP) is 9.33. The van der Waals surface area contributed by atoms with Crippen molar-refractivity contribution in [1.82, 2.24) is 4.98 Å². The van der Waals surface area contributed by atoms with Gasteiger partial charge in [0.05, 0.1) is 6.20 Å². The summed E-state index contributed by atoms with van der Waals surface area (Å²) >= 11 is 2.98. The molecule has 0 aliphatic heterocycles.